The molecule has 0 aromatic carbocycles. The zero-order valence-electron chi connectivity index (χ0n) is 10.3. The molecule has 1 aliphatic heterocycles. The third kappa shape index (κ3) is 4.70. The molecule has 1 saturated heterocycles. The fraction of sp³-hybridized carbons (Fsp3) is 0.818. The van der Waals surface area contributed by atoms with Gasteiger partial charge in [-0.15, -0.1) is 0 Å². The Balaban J connectivity index is 2.20. The number of ether oxygens (including phenoxy) is 1. The summed E-state index contributed by atoms with van der Waals surface area (Å²) in [4.78, 5) is 24.9. The van der Waals surface area contributed by atoms with Gasteiger partial charge in [-0.05, 0) is 19.3 Å². The first-order valence-corrected chi connectivity index (χ1v) is 5.95. The SMILES string of the molecule is COCCC(N)C(=O)NCC(=O)N1CCCC1. The van der Waals surface area contributed by atoms with E-state index in [-0.39, 0.29) is 18.4 Å². The number of rotatable bonds is 6. The smallest absolute Gasteiger partial charge is 0.241 e. The van der Waals surface area contributed by atoms with Crippen molar-refractivity contribution in [1.82, 2.24) is 10.2 Å². The maximum atomic E-state index is 11.6. The lowest BCUT2D eigenvalue weighted by atomic mass is 10.2. The summed E-state index contributed by atoms with van der Waals surface area (Å²) in [7, 11) is 1.56. The number of methoxy groups -OCH3 is 1. The molecule has 0 aromatic heterocycles. The van der Waals surface area contributed by atoms with Crippen LogP contribution >= 0.6 is 0 Å². The Labute approximate surface area is 101 Å². The molecular formula is C11H21N3O3. The lowest BCUT2D eigenvalue weighted by Gasteiger charge is -2.16. The summed E-state index contributed by atoms with van der Waals surface area (Å²) in [5, 5.41) is 2.56. The summed E-state index contributed by atoms with van der Waals surface area (Å²) in [5.74, 6) is -0.329. The van der Waals surface area contributed by atoms with Crippen LogP contribution in [0, 0.1) is 0 Å². The van der Waals surface area contributed by atoms with Crippen molar-refractivity contribution in [3.05, 3.63) is 0 Å². The van der Waals surface area contributed by atoms with Crippen molar-refractivity contribution in [3.63, 3.8) is 0 Å². The zero-order chi connectivity index (χ0) is 12.7. The van der Waals surface area contributed by atoms with Crippen LogP contribution in [0.1, 0.15) is 19.3 Å². The number of nitrogens with zero attached hydrogens (tertiary/aromatic N) is 1. The van der Waals surface area contributed by atoms with Crippen molar-refractivity contribution in [3.8, 4) is 0 Å². The highest BCUT2D eigenvalue weighted by Crippen LogP contribution is 2.06. The van der Waals surface area contributed by atoms with Crippen LogP contribution < -0.4 is 11.1 Å². The second-order valence-corrected chi connectivity index (χ2v) is 4.19. The van der Waals surface area contributed by atoms with E-state index in [1.165, 1.54) is 0 Å². The Hall–Kier alpha value is -1.14. The van der Waals surface area contributed by atoms with Crippen LogP contribution in [0.15, 0.2) is 0 Å². The summed E-state index contributed by atoms with van der Waals surface area (Å²) in [6, 6.07) is -0.610. The molecule has 0 saturated carbocycles. The summed E-state index contributed by atoms with van der Waals surface area (Å²) in [6.45, 7) is 2.07. The largest absolute Gasteiger partial charge is 0.385 e. The fourth-order valence-corrected chi connectivity index (χ4v) is 1.75. The van der Waals surface area contributed by atoms with Gasteiger partial charge >= 0.3 is 0 Å². The molecule has 0 radical (unpaired) electrons. The van der Waals surface area contributed by atoms with Gasteiger partial charge in [0.25, 0.3) is 0 Å². The quantitative estimate of drug-likeness (QED) is 0.632. The lowest BCUT2D eigenvalue weighted by Crippen LogP contribution is -2.45. The predicted octanol–water partition coefficient (Wildman–Crippen LogP) is -0.911. The van der Waals surface area contributed by atoms with Gasteiger partial charge in [-0.1, -0.05) is 0 Å². The van der Waals surface area contributed by atoms with Gasteiger partial charge in [0.05, 0.1) is 12.6 Å². The summed E-state index contributed by atoms with van der Waals surface area (Å²) in [5.41, 5.74) is 5.63. The Morgan fingerprint density at radius 2 is 2.06 bits per heavy atom. The van der Waals surface area contributed by atoms with Crippen molar-refractivity contribution >= 4 is 11.8 Å². The number of amides is 2. The van der Waals surface area contributed by atoms with Gasteiger partial charge < -0.3 is 20.7 Å². The molecular weight excluding hydrogens is 222 g/mol. The third-order valence-corrected chi connectivity index (χ3v) is 2.84. The van der Waals surface area contributed by atoms with Crippen LogP contribution in [-0.2, 0) is 14.3 Å². The standard InChI is InChI=1S/C11H21N3O3/c1-17-7-4-9(12)11(16)13-8-10(15)14-5-2-3-6-14/h9H,2-8,12H2,1H3,(H,13,16). The minimum absolute atomic E-state index is 0.0326. The monoisotopic (exact) mass is 243 g/mol. The van der Waals surface area contributed by atoms with Crippen LogP contribution in [0.2, 0.25) is 0 Å². The third-order valence-electron chi connectivity index (χ3n) is 2.84. The zero-order valence-corrected chi connectivity index (χ0v) is 10.3. The van der Waals surface area contributed by atoms with Gasteiger partial charge in [-0.3, -0.25) is 9.59 Å². The van der Waals surface area contributed by atoms with E-state index in [0.717, 1.165) is 25.9 Å². The van der Waals surface area contributed by atoms with E-state index in [1.807, 2.05) is 0 Å². The number of carbonyl (C=O) groups is 2. The van der Waals surface area contributed by atoms with E-state index in [4.69, 9.17) is 10.5 Å². The molecule has 0 aromatic rings. The van der Waals surface area contributed by atoms with Gasteiger partial charge in [-0.2, -0.15) is 0 Å². The summed E-state index contributed by atoms with van der Waals surface area (Å²) >= 11 is 0. The Morgan fingerprint density at radius 1 is 1.41 bits per heavy atom. The molecule has 1 atom stereocenters. The molecule has 6 nitrogen and oxygen atoms in total. The number of nitrogens with two attached hydrogens (primary N) is 1. The maximum Gasteiger partial charge on any atom is 0.241 e. The van der Waals surface area contributed by atoms with Crippen LogP contribution in [0.3, 0.4) is 0 Å². The van der Waals surface area contributed by atoms with E-state index in [1.54, 1.807) is 12.0 Å². The molecule has 3 N–H and O–H groups in total. The highest BCUT2D eigenvalue weighted by molar-refractivity contribution is 5.87. The van der Waals surface area contributed by atoms with E-state index in [0.29, 0.717) is 13.0 Å². The van der Waals surface area contributed by atoms with Crippen LogP contribution in [-0.4, -0.2) is 56.1 Å². The first-order chi connectivity index (χ1) is 8.15. The van der Waals surface area contributed by atoms with Gasteiger partial charge in [0.1, 0.15) is 0 Å². The normalized spacial score (nSPS) is 16.9. The molecule has 6 heteroatoms. The van der Waals surface area contributed by atoms with E-state index >= 15 is 0 Å². The highest BCUT2D eigenvalue weighted by Gasteiger charge is 2.19. The molecule has 0 spiro atoms. The number of nitrogens with one attached hydrogen (secondary N) is 1. The Bertz CT molecular complexity index is 265. The number of hydrogen-bond donors (Lipinski definition) is 2. The second-order valence-electron chi connectivity index (χ2n) is 4.19. The molecule has 1 aliphatic rings. The van der Waals surface area contributed by atoms with Crippen molar-refractivity contribution in [2.45, 2.75) is 25.3 Å². The number of hydrogen-bond acceptors (Lipinski definition) is 4. The van der Waals surface area contributed by atoms with Crippen LogP contribution in [0.5, 0.6) is 0 Å². The first kappa shape index (κ1) is 13.9. The molecule has 17 heavy (non-hydrogen) atoms. The number of likely N-dealkylation sites (tertiary alicyclic amines) is 1. The van der Waals surface area contributed by atoms with Gasteiger partial charge in [0, 0.05) is 26.8 Å². The average molecular weight is 243 g/mol. The second kappa shape index (κ2) is 7.24. The highest BCUT2D eigenvalue weighted by atomic mass is 16.5. The van der Waals surface area contributed by atoms with Gasteiger partial charge in [-0.25, -0.2) is 0 Å². The summed E-state index contributed by atoms with van der Waals surface area (Å²) < 4.78 is 4.83. The molecule has 98 valence electrons. The van der Waals surface area contributed by atoms with Crippen molar-refractivity contribution in [2.75, 3.05) is 33.4 Å². The minimum atomic E-state index is -0.610. The fourth-order valence-electron chi connectivity index (χ4n) is 1.75. The lowest BCUT2D eigenvalue weighted by molar-refractivity contribution is -0.132. The van der Waals surface area contributed by atoms with E-state index in [2.05, 4.69) is 5.32 Å². The maximum absolute atomic E-state index is 11.6. The average Bonchev–Trinajstić information content (AvgIpc) is 2.86. The number of carbonyl (C=O) groups excluding carboxylic acids is 2. The van der Waals surface area contributed by atoms with Crippen LogP contribution in [0.25, 0.3) is 0 Å². The molecule has 1 fully saturated rings. The van der Waals surface area contributed by atoms with Crippen molar-refractivity contribution < 1.29 is 14.3 Å². The van der Waals surface area contributed by atoms with Gasteiger partial charge in [0.15, 0.2) is 0 Å². The molecule has 1 heterocycles. The molecule has 1 unspecified atom stereocenters. The van der Waals surface area contributed by atoms with E-state index < -0.39 is 6.04 Å². The van der Waals surface area contributed by atoms with Crippen LogP contribution in [0.4, 0.5) is 0 Å². The summed E-state index contributed by atoms with van der Waals surface area (Å²) in [6.07, 6.45) is 2.56. The van der Waals surface area contributed by atoms with E-state index in [9.17, 15) is 9.59 Å². The minimum Gasteiger partial charge on any atom is -0.385 e. The Morgan fingerprint density at radius 3 is 2.65 bits per heavy atom. The van der Waals surface area contributed by atoms with Crippen molar-refractivity contribution in [2.24, 2.45) is 5.73 Å². The van der Waals surface area contributed by atoms with Crippen molar-refractivity contribution in [1.29, 1.82) is 0 Å². The molecule has 0 aliphatic carbocycles. The first-order valence-electron chi connectivity index (χ1n) is 5.95. The van der Waals surface area contributed by atoms with Gasteiger partial charge in [0.2, 0.25) is 11.8 Å². The Kier molecular flexibility index (Phi) is 5.93. The molecule has 0 bridgehead atoms. The molecule has 2 amide bonds. The topological polar surface area (TPSA) is 84.7 Å². The predicted molar refractivity (Wildman–Crippen MR) is 63.3 cm³/mol. The molecule has 1 rings (SSSR count).